The highest BCUT2D eigenvalue weighted by molar-refractivity contribution is 7.99. The van der Waals surface area contributed by atoms with Gasteiger partial charge >= 0.3 is 6.01 Å². The smallest absolute Gasteiger partial charge is 0.319 e. The third kappa shape index (κ3) is 4.79. The van der Waals surface area contributed by atoms with Gasteiger partial charge in [0.05, 0.1) is 22.2 Å². The molecular weight excluding hydrogens is 591 g/mol. The number of phenolic OH excluding ortho intramolecular Hbond substituents is 1. The predicted octanol–water partition coefficient (Wildman–Crippen LogP) is 5.24. The molecule has 2 aromatic heterocycles. The van der Waals surface area contributed by atoms with Crippen LogP contribution >= 0.6 is 11.8 Å². The van der Waals surface area contributed by atoms with Crippen LogP contribution in [0.1, 0.15) is 31.2 Å². The number of benzene rings is 2. The minimum Gasteiger partial charge on any atom is -0.508 e. The molecule has 1 amide bonds. The van der Waals surface area contributed by atoms with E-state index in [1.54, 1.807) is 0 Å². The van der Waals surface area contributed by atoms with E-state index in [1.807, 2.05) is 0 Å². The summed E-state index contributed by atoms with van der Waals surface area (Å²) >= 11 is 1.51. The lowest BCUT2D eigenvalue weighted by Gasteiger charge is -2.31. The van der Waals surface area contributed by atoms with Gasteiger partial charge in [0, 0.05) is 36.7 Å². The van der Waals surface area contributed by atoms with Crippen molar-refractivity contribution < 1.29 is 27.8 Å². The van der Waals surface area contributed by atoms with Gasteiger partial charge in [-0.15, -0.1) is 6.42 Å². The fraction of sp³-hybridized carbons (Fsp3) is 0.375. The molecule has 3 aliphatic rings. The summed E-state index contributed by atoms with van der Waals surface area (Å²) in [7, 11) is 0. The number of hydrogen-bond acceptors (Lipinski definition) is 8. The third-order valence-electron chi connectivity index (χ3n) is 8.78. The number of ether oxygens (including phenoxy) is 1. The summed E-state index contributed by atoms with van der Waals surface area (Å²) in [4.78, 5) is 30.1. The number of amides is 1. The maximum Gasteiger partial charge on any atom is 0.319 e. The molecule has 2 unspecified atom stereocenters. The van der Waals surface area contributed by atoms with E-state index < -0.39 is 23.3 Å². The summed E-state index contributed by atoms with van der Waals surface area (Å²) < 4.78 is 51.9. The first-order valence-electron chi connectivity index (χ1n) is 14.5. The quantitative estimate of drug-likeness (QED) is 0.304. The molecule has 7 rings (SSSR count). The SMILES string of the molecule is C#Cc1c(F)ccc2cc(O)cc(-c3ncc4c(N5CCCSCC5=O)nc(OCC56CCCN5CC(F)C6)nc4c3F)c12. The molecule has 4 aromatic rings. The van der Waals surface area contributed by atoms with Crippen LogP contribution in [-0.4, -0.2) is 80.3 Å². The maximum atomic E-state index is 16.7. The van der Waals surface area contributed by atoms with Crippen molar-refractivity contribution in [1.29, 1.82) is 0 Å². The number of halogens is 3. The van der Waals surface area contributed by atoms with Gasteiger partial charge in [0.1, 0.15) is 35.6 Å². The van der Waals surface area contributed by atoms with E-state index in [2.05, 4.69) is 25.8 Å². The molecular formula is C32H28F3N5O3S. The van der Waals surface area contributed by atoms with Crippen molar-refractivity contribution in [1.82, 2.24) is 19.9 Å². The predicted molar refractivity (Wildman–Crippen MR) is 163 cm³/mol. The number of aromatic nitrogens is 3. The first kappa shape index (κ1) is 28.7. The lowest BCUT2D eigenvalue weighted by Crippen LogP contribution is -2.43. The molecule has 2 aromatic carbocycles. The number of terminal acetylenes is 1. The number of aromatic hydroxyl groups is 1. The second-order valence-corrected chi connectivity index (χ2v) is 12.6. The Morgan fingerprint density at radius 2 is 2.07 bits per heavy atom. The minimum atomic E-state index is -0.958. The molecule has 3 aliphatic heterocycles. The van der Waals surface area contributed by atoms with Gasteiger partial charge in [0.25, 0.3) is 0 Å². The molecule has 1 N–H and O–H groups in total. The lowest BCUT2D eigenvalue weighted by atomic mass is 9.95. The average Bonchev–Trinajstić information content (AvgIpc) is 3.44. The molecule has 3 saturated heterocycles. The van der Waals surface area contributed by atoms with Crippen molar-refractivity contribution in [2.45, 2.75) is 37.4 Å². The number of anilines is 1. The van der Waals surface area contributed by atoms with E-state index in [9.17, 15) is 18.7 Å². The van der Waals surface area contributed by atoms with Gasteiger partial charge in [-0.25, -0.2) is 13.2 Å². The number of fused-ring (bicyclic) bond motifs is 3. The Morgan fingerprint density at radius 1 is 1.20 bits per heavy atom. The van der Waals surface area contributed by atoms with Gasteiger partial charge < -0.3 is 9.84 Å². The molecule has 0 saturated carbocycles. The number of phenols is 1. The van der Waals surface area contributed by atoms with Gasteiger partial charge in [-0.2, -0.15) is 21.7 Å². The van der Waals surface area contributed by atoms with Crippen LogP contribution in [0.4, 0.5) is 19.0 Å². The monoisotopic (exact) mass is 619 g/mol. The van der Waals surface area contributed by atoms with Gasteiger partial charge in [-0.1, -0.05) is 12.0 Å². The van der Waals surface area contributed by atoms with Gasteiger partial charge in [0.15, 0.2) is 11.6 Å². The number of alkyl halides is 1. The highest BCUT2D eigenvalue weighted by Gasteiger charge is 2.49. The van der Waals surface area contributed by atoms with E-state index >= 15 is 4.39 Å². The van der Waals surface area contributed by atoms with Gasteiger partial charge in [-0.3, -0.25) is 19.6 Å². The molecule has 0 spiro atoms. The van der Waals surface area contributed by atoms with Crippen molar-refractivity contribution in [2.75, 3.05) is 42.6 Å². The van der Waals surface area contributed by atoms with Crippen LogP contribution in [0, 0.1) is 24.0 Å². The van der Waals surface area contributed by atoms with Crippen molar-refractivity contribution in [3.63, 3.8) is 0 Å². The molecule has 2 atom stereocenters. The van der Waals surface area contributed by atoms with Crippen LogP contribution in [0.25, 0.3) is 32.9 Å². The Kier molecular flexibility index (Phi) is 7.25. The zero-order chi connectivity index (χ0) is 30.6. The Labute approximate surface area is 255 Å². The fourth-order valence-electron chi connectivity index (χ4n) is 6.79. The molecule has 8 nitrogen and oxygen atoms in total. The van der Waals surface area contributed by atoms with Crippen LogP contribution in [0.15, 0.2) is 30.5 Å². The number of carbonyl (C=O) groups excluding carboxylic acids is 1. The molecule has 0 aliphatic carbocycles. The summed E-state index contributed by atoms with van der Waals surface area (Å²) in [6.45, 7) is 1.60. The zero-order valence-electron chi connectivity index (χ0n) is 23.7. The van der Waals surface area contributed by atoms with Crippen molar-refractivity contribution >= 4 is 45.2 Å². The van der Waals surface area contributed by atoms with E-state index in [0.29, 0.717) is 31.3 Å². The number of carbonyl (C=O) groups is 1. The van der Waals surface area contributed by atoms with Gasteiger partial charge in [-0.05, 0) is 55.1 Å². The van der Waals surface area contributed by atoms with E-state index in [-0.39, 0.29) is 69.0 Å². The van der Waals surface area contributed by atoms with Crippen LogP contribution in [0.2, 0.25) is 0 Å². The Bertz CT molecular complexity index is 1870. The Hall–Kier alpha value is -4.08. The molecule has 0 bridgehead atoms. The summed E-state index contributed by atoms with van der Waals surface area (Å²) in [6, 6.07) is 5.16. The van der Waals surface area contributed by atoms with E-state index in [4.69, 9.17) is 11.2 Å². The summed E-state index contributed by atoms with van der Waals surface area (Å²) in [5.74, 6) is 1.60. The number of rotatable bonds is 5. The first-order chi connectivity index (χ1) is 21.3. The summed E-state index contributed by atoms with van der Waals surface area (Å²) in [6.07, 6.45) is 8.76. The molecule has 5 heterocycles. The Morgan fingerprint density at radius 3 is 2.91 bits per heavy atom. The highest BCUT2D eigenvalue weighted by Crippen LogP contribution is 2.42. The van der Waals surface area contributed by atoms with Crippen molar-refractivity contribution in [3.8, 4) is 35.4 Å². The zero-order valence-corrected chi connectivity index (χ0v) is 24.5. The largest absolute Gasteiger partial charge is 0.508 e. The minimum absolute atomic E-state index is 0.0807. The molecule has 12 heteroatoms. The van der Waals surface area contributed by atoms with Crippen LogP contribution in [-0.2, 0) is 4.79 Å². The second kappa shape index (κ2) is 11.1. The Balaban J connectivity index is 1.40. The van der Waals surface area contributed by atoms with Gasteiger partial charge in [0.2, 0.25) is 5.91 Å². The van der Waals surface area contributed by atoms with Crippen molar-refractivity contribution in [3.05, 3.63) is 47.7 Å². The second-order valence-electron chi connectivity index (χ2n) is 11.5. The van der Waals surface area contributed by atoms with E-state index in [0.717, 1.165) is 25.1 Å². The van der Waals surface area contributed by atoms with Crippen LogP contribution < -0.4 is 9.64 Å². The summed E-state index contributed by atoms with van der Waals surface area (Å²) in [5, 5.41) is 11.3. The maximum absolute atomic E-state index is 16.7. The summed E-state index contributed by atoms with van der Waals surface area (Å²) in [5.41, 5.74) is -0.888. The topological polar surface area (TPSA) is 91.7 Å². The average molecular weight is 620 g/mol. The molecule has 0 radical (unpaired) electrons. The molecule has 226 valence electrons. The number of thioether (sulfide) groups is 1. The van der Waals surface area contributed by atoms with E-state index in [1.165, 1.54) is 47.1 Å². The van der Waals surface area contributed by atoms with Crippen molar-refractivity contribution in [2.24, 2.45) is 0 Å². The molecule has 3 fully saturated rings. The number of pyridine rings is 1. The standard InChI is InChI=1S/C32H28F3N5O3S/c1-2-21-24(34)6-5-18-11-20(41)12-22(26(18)21)28-27(35)29-23(14-36-28)30(40-9-4-10-44-16-25(40)42)38-31(37-29)43-17-32-7-3-8-39(32)15-19(33)13-32/h1,5-6,11-12,14,19,41H,3-4,7-10,13,15-17H2. The third-order valence-corrected chi connectivity index (χ3v) is 9.81. The highest BCUT2D eigenvalue weighted by atomic mass is 32.2. The fourth-order valence-corrected chi connectivity index (χ4v) is 7.60. The normalized spacial score (nSPS) is 22.4. The first-order valence-corrected chi connectivity index (χ1v) is 15.6. The van der Waals surface area contributed by atoms with Crippen LogP contribution in [0.3, 0.4) is 0 Å². The lowest BCUT2D eigenvalue weighted by molar-refractivity contribution is -0.116. The number of nitrogens with zero attached hydrogens (tertiary/aromatic N) is 5. The van der Waals surface area contributed by atoms with Crippen LogP contribution in [0.5, 0.6) is 11.8 Å². The number of hydrogen-bond donors (Lipinski definition) is 1. The molecule has 44 heavy (non-hydrogen) atoms.